The molecule has 1 rings (SSSR count). The summed E-state index contributed by atoms with van der Waals surface area (Å²) >= 11 is 5.80. The Morgan fingerprint density at radius 2 is 2.00 bits per heavy atom. The van der Waals surface area contributed by atoms with Gasteiger partial charge in [0.2, 0.25) is 5.91 Å². The molecule has 0 aliphatic heterocycles. The van der Waals surface area contributed by atoms with Crippen molar-refractivity contribution in [2.75, 3.05) is 33.8 Å². The average molecular weight is 299 g/mol. The van der Waals surface area contributed by atoms with Gasteiger partial charge in [0.1, 0.15) is 5.75 Å². The fourth-order valence-corrected chi connectivity index (χ4v) is 1.88. The van der Waals surface area contributed by atoms with Gasteiger partial charge in [-0.3, -0.25) is 4.79 Å². The molecule has 0 bridgehead atoms. The first-order valence-electron chi connectivity index (χ1n) is 6.90. The molecule has 5 heteroatoms. The van der Waals surface area contributed by atoms with Crippen LogP contribution < -0.4 is 10.1 Å². The maximum Gasteiger partial charge on any atom is 0.222 e. The molecule has 0 radical (unpaired) electrons. The topological polar surface area (TPSA) is 41.6 Å². The summed E-state index contributed by atoms with van der Waals surface area (Å²) < 4.78 is 5.58. The molecule has 1 aromatic rings. The highest BCUT2D eigenvalue weighted by Gasteiger charge is 2.07. The van der Waals surface area contributed by atoms with Gasteiger partial charge in [-0.1, -0.05) is 11.6 Å². The van der Waals surface area contributed by atoms with Crippen LogP contribution in [-0.4, -0.2) is 44.6 Å². The van der Waals surface area contributed by atoms with Crippen LogP contribution in [0.5, 0.6) is 5.75 Å². The minimum Gasteiger partial charge on any atom is -0.494 e. The molecule has 112 valence electrons. The minimum absolute atomic E-state index is 0.187. The molecule has 0 unspecified atom stereocenters. The van der Waals surface area contributed by atoms with Crippen molar-refractivity contribution in [1.82, 2.24) is 10.2 Å². The SMILES string of the molecule is CNCCCC(=O)N(C)CCCOc1ccc(Cl)cc1. The largest absolute Gasteiger partial charge is 0.494 e. The third-order valence-corrected chi connectivity index (χ3v) is 3.22. The molecule has 0 spiro atoms. The fourth-order valence-electron chi connectivity index (χ4n) is 1.75. The lowest BCUT2D eigenvalue weighted by atomic mass is 10.2. The summed E-state index contributed by atoms with van der Waals surface area (Å²) in [5, 5.41) is 3.73. The standard InChI is InChI=1S/C15H23ClN2O2/c1-17-10-3-5-15(19)18(2)11-4-12-20-14-8-6-13(16)7-9-14/h6-9,17H,3-5,10-12H2,1-2H3. The van der Waals surface area contributed by atoms with Crippen LogP contribution in [-0.2, 0) is 4.79 Å². The Hall–Kier alpha value is -1.26. The quantitative estimate of drug-likeness (QED) is 0.713. The van der Waals surface area contributed by atoms with Gasteiger partial charge in [0.25, 0.3) is 0 Å². The summed E-state index contributed by atoms with van der Waals surface area (Å²) in [4.78, 5) is 13.5. The van der Waals surface area contributed by atoms with E-state index in [1.165, 1.54) is 0 Å². The molecule has 0 saturated heterocycles. The number of rotatable bonds is 9. The number of hydrogen-bond acceptors (Lipinski definition) is 3. The number of carbonyl (C=O) groups excluding carboxylic acids is 1. The van der Waals surface area contributed by atoms with Crippen LogP contribution in [0.25, 0.3) is 0 Å². The lowest BCUT2D eigenvalue weighted by molar-refractivity contribution is -0.130. The second-order valence-electron chi connectivity index (χ2n) is 4.68. The van der Waals surface area contributed by atoms with Crippen LogP contribution in [0, 0.1) is 0 Å². The van der Waals surface area contributed by atoms with E-state index >= 15 is 0 Å². The van der Waals surface area contributed by atoms with Crippen LogP contribution in [0.3, 0.4) is 0 Å². The summed E-state index contributed by atoms with van der Waals surface area (Å²) in [5.41, 5.74) is 0. The third-order valence-electron chi connectivity index (χ3n) is 2.96. The number of ether oxygens (including phenoxy) is 1. The van der Waals surface area contributed by atoms with E-state index < -0.39 is 0 Å². The number of halogens is 1. The van der Waals surface area contributed by atoms with Gasteiger partial charge in [0.05, 0.1) is 6.61 Å². The highest BCUT2D eigenvalue weighted by molar-refractivity contribution is 6.30. The van der Waals surface area contributed by atoms with Gasteiger partial charge in [-0.2, -0.15) is 0 Å². The van der Waals surface area contributed by atoms with Crippen molar-refractivity contribution in [1.29, 1.82) is 0 Å². The van der Waals surface area contributed by atoms with Crippen LogP contribution in [0.15, 0.2) is 24.3 Å². The molecule has 1 amide bonds. The van der Waals surface area contributed by atoms with Gasteiger partial charge in [-0.05, 0) is 50.7 Å². The van der Waals surface area contributed by atoms with Gasteiger partial charge in [0.15, 0.2) is 0 Å². The number of benzene rings is 1. The van der Waals surface area contributed by atoms with Crippen molar-refractivity contribution in [3.8, 4) is 5.75 Å². The summed E-state index contributed by atoms with van der Waals surface area (Å²) in [6.45, 7) is 2.18. The average Bonchev–Trinajstić information content (AvgIpc) is 2.45. The van der Waals surface area contributed by atoms with E-state index in [0.29, 0.717) is 24.6 Å². The first-order chi connectivity index (χ1) is 9.63. The second-order valence-corrected chi connectivity index (χ2v) is 5.11. The van der Waals surface area contributed by atoms with E-state index in [4.69, 9.17) is 16.3 Å². The van der Waals surface area contributed by atoms with E-state index in [0.717, 1.165) is 25.1 Å². The lowest BCUT2D eigenvalue weighted by Crippen LogP contribution is -2.29. The third kappa shape index (κ3) is 6.78. The summed E-state index contributed by atoms with van der Waals surface area (Å²) in [5.74, 6) is 0.990. The Morgan fingerprint density at radius 1 is 1.30 bits per heavy atom. The molecular formula is C15H23ClN2O2. The van der Waals surface area contributed by atoms with E-state index in [1.807, 2.05) is 26.2 Å². The summed E-state index contributed by atoms with van der Waals surface area (Å²) in [6, 6.07) is 7.28. The smallest absolute Gasteiger partial charge is 0.222 e. The Kier molecular flexibility index (Phi) is 8.07. The number of hydrogen-bond donors (Lipinski definition) is 1. The van der Waals surface area contributed by atoms with Gasteiger partial charge in [-0.25, -0.2) is 0 Å². The molecule has 0 aliphatic carbocycles. The fraction of sp³-hybridized carbons (Fsp3) is 0.533. The van der Waals surface area contributed by atoms with Gasteiger partial charge in [0, 0.05) is 25.0 Å². The Balaban J connectivity index is 2.13. The van der Waals surface area contributed by atoms with Gasteiger partial charge in [-0.15, -0.1) is 0 Å². The summed E-state index contributed by atoms with van der Waals surface area (Å²) in [6.07, 6.45) is 2.28. The van der Waals surface area contributed by atoms with E-state index in [1.54, 1.807) is 17.0 Å². The molecule has 0 aliphatic rings. The normalized spacial score (nSPS) is 10.3. The molecule has 0 heterocycles. The van der Waals surface area contributed by atoms with Crippen molar-refractivity contribution < 1.29 is 9.53 Å². The van der Waals surface area contributed by atoms with Gasteiger partial charge < -0.3 is 15.0 Å². The van der Waals surface area contributed by atoms with Gasteiger partial charge >= 0.3 is 0 Å². The highest BCUT2D eigenvalue weighted by atomic mass is 35.5. The molecule has 0 fully saturated rings. The molecule has 20 heavy (non-hydrogen) atoms. The van der Waals surface area contributed by atoms with Crippen molar-refractivity contribution >= 4 is 17.5 Å². The zero-order valence-corrected chi connectivity index (χ0v) is 12.9. The van der Waals surface area contributed by atoms with Crippen molar-refractivity contribution in [2.45, 2.75) is 19.3 Å². The monoisotopic (exact) mass is 298 g/mol. The molecule has 1 aromatic carbocycles. The molecule has 1 N–H and O–H groups in total. The molecule has 4 nitrogen and oxygen atoms in total. The number of nitrogens with one attached hydrogen (secondary N) is 1. The number of carbonyl (C=O) groups is 1. The lowest BCUT2D eigenvalue weighted by Gasteiger charge is -2.17. The minimum atomic E-state index is 0.187. The second kappa shape index (κ2) is 9.61. The molecular weight excluding hydrogens is 276 g/mol. The molecule has 0 saturated carbocycles. The number of nitrogens with zero attached hydrogens (tertiary/aromatic N) is 1. The predicted molar refractivity (Wildman–Crippen MR) is 82.4 cm³/mol. The predicted octanol–water partition coefficient (Wildman–Crippen LogP) is 2.57. The maximum atomic E-state index is 11.8. The van der Waals surface area contributed by atoms with Crippen LogP contribution in [0.1, 0.15) is 19.3 Å². The molecule has 0 aromatic heterocycles. The van der Waals surface area contributed by atoms with E-state index in [9.17, 15) is 4.79 Å². The Labute approximate surface area is 126 Å². The zero-order chi connectivity index (χ0) is 14.8. The summed E-state index contributed by atoms with van der Waals surface area (Å²) in [7, 11) is 3.73. The maximum absolute atomic E-state index is 11.8. The Morgan fingerprint density at radius 3 is 2.65 bits per heavy atom. The van der Waals surface area contributed by atoms with Crippen molar-refractivity contribution in [2.24, 2.45) is 0 Å². The van der Waals surface area contributed by atoms with Crippen molar-refractivity contribution in [3.63, 3.8) is 0 Å². The van der Waals surface area contributed by atoms with E-state index in [-0.39, 0.29) is 5.91 Å². The Bertz CT molecular complexity index is 395. The zero-order valence-electron chi connectivity index (χ0n) is 12.2. The van der Waals surface area contributed by atoms with E-state index in [2.05, 4.69) is 5.32 Å². The first kappa shape index (κ1) is 16.8. The first-order valence-corrected chi connectivity index (χ1v) is 7.28. The van der Waals surface area contributed by atoms with Crippen LogP contribution in [0.4, 0.5) is 0 Å². The van der Waals surface area contributed by atoms with Crippen LogP contribution >= 0.6 is 11.6 Å². The number of amides is 1. The molecule has 0 atom stereocenters. The van der Waals surface area contributed by atoms with Crippen LogP contribution in [0.2, 0.25) is 5.02 Å². The van der Waals surface area contributed by atoms with Crippen molar-refractivity contribution in [3.05, 3.63) is 29.3 Å². The highest BCUT2D eigenvalue weighted by Crippen LogP contribution is 2.15.